The summed E-state index contributed by atoms with van der Waals surface area (Å²) < 4.78 is 12.5. The van der Waals surface area contributed by atoms with Crippen molar-refractivity contribution < 1.29 is 9.15 Å². The van der Waals surface area contributed by atoms with Gasteiger partial charge in [0.2, 0.25) is 0 Å². The lowest BCUT2D eigenvalue weighted by Gasteiger charge is -2.19. The van der Waals surface area contributed by atoms with Crippen LogP contribution in [-0.4, -0.2) is 23.3 Å². The van der Waals surface area contributed by atoms with Crippen molar-refractivity contribution in [3.05, 3.63) is 93.1 Å². The van der Waals surface area contributed by atoms with E-state index in [1.165, 1.54) is 17.8 Å². The minimum atomic E-state index is -0.398. The normalized spacial score (nSPS) is 12.5. The molecule has 5 rings (SSSR count). The van der Waals surface area contributed by atoms with E-state index in [-0.39, 0.29) is 11.6 Å². The van der Waals surface area contributed by atoms with E-state index in [9.17, 15) is 9.59 Å². The quantitative estimate of drug-likeness (QED) is 0.152. The molecule has 2 aromatic heterocycles. The van der Waals surface area contributed by atoms with Gasteiger partial charge < -0.3 is 9.15 Å². The van der Waals surface area contributed by atoms with Gasteiger partial charge in [0, 0.05) is 24.3 Å². The number of aromatic nitrogens is 2. The van der Waals surface area contributed by atoms with Gasteiger partial charge in [-0.15, -0.1) is 0 Å². The van der Waals surface area contributed by atoms with Crippen molar-refractivity contribution >= 4 is 44.4 Å². The van der Waals surface area contributed by atoms with Gasteiger partial charge in [0.25, 0.3) is 5.56 Å². The van der Waals surface area contributed by atoms with Crippen LogP contribution >= 0.6 is 11.8 Å². The molecule has 0 saturated carbocycles. The van der Waals surface area contributed by atoms with Crippen LogP contribution in [0.3, 0.4) is 0 Å². The van der Waals surface area contributed by atoms with Gasteiger partial charge in [-0.3, -0.25) is 9.36 Å². The Balaban J connectivity index is 1.65. The van der Waals surface area contributed by atoms with Crippen molar-refractivity contribution in [1.29, 1.82) is 0 Å². The lowest BCUT2D eigenvalue weighted by Crippen LogP contribution is -2.28. The molecule has 0 aliphatic carbocycles. The van der Waals surface area contributed by atoms with E-state index in [4.69, 9.17) is 14.1 Å². The molecule has 33 heavy (non-hydrogen) atoms. The molecule has 166 valence electrons. The number of hydrogen-bond donors (Lipinski definition) is 0. The van der Waals surface area contributed by atoms with Crippen LogP contribution in [0.2, 0.25) is 0 Å². The highest BCUT2D eigenvalue weighted by atomic mass is 32.2. The molecular weight excluding hydrogens is 436 g/mol. The summed E-state index contributed by atoms with van der Waals surface area (Å²) in [6.07, 6.45) is 0. The fraction of sp³-hybridized carbons (Fsp3) is 0.192. The number of fused-ring (bicyclic) bond motifs is 4. The molecule has 2 heterocycles. The van der Waals surface area contributed by atoms with Crippen LogP contribution in [0.4, 0.5) is 0 Å². The zero-order valence-electron chi connectivity index (χ0n) is 18.3. The Labute approximate surface area is 193 Å². The van der Waals surface area contributed by atoms with Crippen molar-refractivity contribution in [2.75, 3.05) is 13.7 Å². The standard InChI is InChI=1S/C26H22N2O4S/c1-16(14-31-2)28-25(30)20-9-5-6-10-21(20)27-26(28)33-15-18-13-23(29)32-22-12-11-17-7-3-4-8-19(17)24(18)22/h3-13,16H,14-15H2,1-2H3. The third-order valence-corrected chi connectivity index (χ3v) is 6.70. The Bertz CT molecular complexity index is 1610. The van der Waals surface area contributed by atoms with Gasteiger partial charge >= 0.3 is 5.63 Å². The summed E-state index contributed by atoms with van der Waals surface area (Å²) in [6, 6.07) is 20.5. The van der Waals surface area contributed by atoms with E-state index < -0.39 is 5.63 Å². The molecular formula is C26H22N2O4S. The lowest BCUT2D eigenvalue weighted by molar-refractivity contribution is 0.156. The fourth-order valence-electron chi connectivity index (χ4n) is 4.21. The SMILES string of the molecule is COCC(C)n1c(SCc2cc(=O)oc3ccc4ccccc4c23)nc2ccccc2c1=O. The van der Waals surface area contributed by atoms with Crippen molar-refractivity contribution in [2.45, 2.75) is 23.9 Å². The zero-order valence-corrected chi connectivity index (χ0v) is 19.1. The number of methoxy groups -OCH3 is 1. The number of hydrogen-bond acceptors (Lipinski definition) is 6. The van der Waals surface area contributed by atoms with Gasteiger partial charge in [-0.25, -0.2) is 9.78 Å². The van der Waals surface area contributed by atoms with Crippen LogP contribution in [0.25, 0.3) is 32.6 Å². The third-order valence-electron chi connectivity index (χ3n) is 5.70. The van der Waals surface area contributed by atoms with Crippen LogP contribution in [0, 0.1) is 0 Å². The molecule has 1 unspecified atom stereocenters. The number of para-hydroxylation sites is 1. The molecule has 5 aromatic rings. The third kappa shape index (κ3) is 3.94. The first-order valence-corrected chi connectivity index (χ1v) is 11.6. The molecule has 0 N–H and O–H groups in total. The van der Waals surface area contributed by atoms with Crippen LogP contribution in [-0.2, 0) is 10.5 Å². The van der Waals surface area contributed by atoms with Gasteiger partial charge in [0.1, 0.15) is 5.58 Å². The molecule has 0 bridgehead atoms. The summed E-state index contributed by atoms with van der Waals surface area (Å²) in [5, 5.41) is 4.15. The number of nitrogens with zero attached hydrogens (tertiary/aromatic N) is 2. The number of rotatable bonds is 6. The predicted molar refractivity (Wildman–Crippen MR) is 132 cm³/mol. The lowest BCUT2D eigenvalue weighted by atomic mass is 10.0. The van der Waals surface area contributed by atoms with E-state index in [2.05, 4.69) is 0 Å². The van der Waals surface area contributed by atoms with Crippen LogP contribution in [0.1, 0.15) is 18.5 Å². The van der Waals surface area contributed by atoms with Crippen molar-refractivity contribution in [3.8, 4) is 0 Å². The second kappa shape index (κ2) is 8.84. The molecule has 7 heteroatoms. The van der Waals surface area contributed by atoms with Gasteiger partial charge in [0.05, 0.1) is 23.6 Å². The average Bonchev–Trinajstić information content (AvgIpc) is 2.82. The van der Waals surface area contributed by atoms with E-state index in [1.807, 2.05) is 61.5 Å². The zero-order chi connectivity index (χ0) is 22.9. The summed E-state index contributed by atoms with van der Waals surface area (Å²) in [5.74, 6) is 0.459. The van der Waals surface area contributed by atoms with Gasteiger partial charge in [-0.05, 0) is 41.5 Å². The second-order valence-electron chi connectivity index (χ2n) is 7.93. The van der Waals surface area contributed by atoms with Crippen LogP contribution < -0.4 is 11.2 Å². The summed E-state index contributed by atoms with van der Waals surface area (Å²) in [7, 11) is 1.61. The maximum atomic E-state index is 13.3. The largest absolute Gasteiger partial charge is 0.423 e. The van der Waals surface area contributed by atoms with E-state index in [0.717, 1.165) is 21.7 Å². The molecule has 0 aliphatic heterocycles. The summed E-state index contributed by atoms with van der Waals surface area (Å²) in [5.41, 5.74) is 1.54. The molecule has 0 spiro atoms. The second-order valence-corrected chi connectivity index (χ2v) is 8.87. The summed E-state index contributed by atoms with van der Waals surface area (Å²) >= 11 is 1.43. The summed E-state index contributed by atoms with van der Waals surface area (Å²) in [4.78, 5) is 30.4. The minimum Gasteiger partial charge on any atom is -0.423 e. The maximum Gasteiger partial charge on any atom is 0.336 e. The molecule has 3 aromatic carbocycles. The Morgan fingerprint density at radius 2 is 1.79 bits per heavy atom. The fourth-order valence-corrected chi connectivity index (χ4v) is 5.29. The minimum absolute atomic E-state index is 0.101. The Morgan fingerprint density at radius 1 is 1.03 bits per heavy atom. The smallest absolute Gasteiger partial charge is 0.336 e. The monoisotopic (exact) mass is 458 g/mol. The first kappa shape index (κ1) is 21.4. The Hall–Kier alpha value is -3.42. The van der Waals surface area contributed by atoms with Gasteiger partial charge in [-0.1, -0.05) is 54.2 Å². The average molecular weight is 459 g/mol. The Kier molecular flexibility index (Phi) is 5.74. The first-order valence-electron chi connectivity index (χ1n) is 10.6. The topological polar surface area (TPSA) is 74.3 Å². The molecule has 0 aliphatic rings. The predicted octanol–water partition coefficient (Wildman–Crippen LogP) is 5.16. The highest BCUT2D eigenvalue weighted by Crippen LogP contribution is 2.31. The molecule has 0 radical (unpaired) electrons. The van der Waals surface area contributed by atoms with Gasteiger partial charge in [0.15, 0.2) is 5.16 Å². The van der Waals surface area contributed by atoms with E-state index >= 15 is 0 Å². The number of ether oxygens (including phenoxy) is 1. The highest BCUT2D eigenvalue weighted by molar-refractivity contribution is 7.98. The maximum absolute atomic E-state index is 13.3. The first-order chi connectivity index (χ1) is 16.1. The van der Waals surface area contributed by atoms with Crippen molar-refractivity contribution in [2.24, 2.45) is 0 Å². The molecule has 0 saturated heterocycles. The molecule has 0 fully saturated rings. The van der Waals surface area contributed by atoms with Crippen LogP contribution in [0.15, 0.2) is 85.9 Å². The van der Waals surface area contributed by atoms with Crippen LogP contribution in [0.5, 0.6) is 0 Å². The van der Waals surface area contributed by atoms with Gasteiger partial charge in [-0.2, -0.15) is 0 Å². The highest BCUT2D eigenvalue weighted by Gasteiger charge is 2.18. The number of thioether (sulfide) groups is 1. The molecule has 1 atom stereocenters. The van der Waals surface area contributed by atoms with E-state index in [0.29, 0.717) is 34.0 Å². The van der Waals surface area contributed by atoms with Crippen molar-refractivity contribution in [1.82, 2.24) is 9.55 Å². The Morgan fingerprint density at radius 3 is 2.61 bits per heavy atom. The molecule has 6 nitrogen and oxygen atoms in total. The summed E-state index contributed by atoms with van der Waals surface area (Å²) in [6.45, 7) is 2.32. The molecule has 0 amide bonds. The number of benzene rings is 3. The van der Waals surface area contributed by atoms with E-state index in [1.54, 1.807) is 17.7 Å². The van der Waals surface area contributed by atoms with Crippen molar-refractivity contribution in [3.63, 3.8) is 0 Å².